The number of rotatable bonds is 0. The molecule has 2 aromatic carbocycles. The van der Waals surface area contributed by atoms with Crippen LogP contribution in [0.5, 0.6) is 23.0 Å². The molecule has 0 fully saturated rings. The van der Waals surface area contributed by atoms with Gasteiger partial charge in [-0.25, -0.2) is 0 Å². The van der Waals surface area contributed by atoms with Crippen molar-refractivity contribution in [2.24, 2.45) is 0 Å². The zero-order chi connectivity index (χ0) is 13.7. The van der Waals surface area contributed by atoms with Crippen molar-refractivity contribution in [3.8, 4) is 23.0 Å². The molecule has 96 valence electrons. The first-order chi connectivity index (χ1) is 8.99. The molecule has 3 rings (SSSR count). The molecule has 0 bridgehead atoms. The predicted octanol–water partition coefficient (Wildman–Crippen LogP) is 1.77. The molecule has 19 heavy (non-hydrogen) atoms. The minimum Gasteiger partial charge on any atom is -0.508 e. The Bertz CT molecular complexity index is 878. The Hall–Kier alpha value is -2.89. The highest BCUT2D eigenvalue weighted by Crippen LogP contribution is 2.41. The molecular formula is C13H8O6. The van der Waals surface area contributed by atoms with Crippen LogP contribution in [-0.2, 0) is 0 Å². The lowest BCUT2D eigenvalue weighted by atomic mass is 10.1. The zero-order valence-corrected chi connectivity index (χ0v) is 9.41. The lowest BCUT2D eigenvalue weighted by Gasteiger charge is -2.06. The highest BCUT2D eigenvalue weighted by Gasteiger charge is 2.17. The summed E-state index contributed by atoms with van der Waals surface area (Å²) >= 11 is 0. The fraction of sp³-hybridized carbons (Fsp3) is 0. The van der Waals surface area contributed by atoms with E-state index in [1.807, 2.05) is 0 Å². The summed E-state index contributed by atoms with van der Waals surface area (Å²) in [5.74, 6) is -2.21. The third-order valence-electron chi connectivity index (χ3n) is 2.87. The van der Waals surface area contributed by atoms with Crippen LogP contribution in [0.3, 0.4) is 0 Å². The average molecular weight is 260 g/mol. The van der Waals surface area contributed by atoms with E-state index in [9.17, 15) is 25.2 Å². The normalized spacial score (nSPS) is 11.2. The van der Waals surface area contributed by atoms with E-state index in [0.29, 0.717) is 0 Å². The molecule has 0 saturated carbocycles. The number of fused-ring (bicyclic) bond motifs is 2. The van der Waals surface area contributed by atoms with Gasteiger partial charge in [-0.1, -0.05) is 0 Å². The van der Waals surface area contributed by atoms with E-state index in [2.05, 4.69) is 0 Å². The smallest absolute Gasteiger partial charge is 0.205 e. The molecule has 0 aliphatic heterocycles. The van der Waals surface area contributed by atoms with Crippen molar-refractivity contribution in [1.29, 1.82) is 0 Å². The molecule has 6 heteroatoms. The van der Waals surface area contributed by atoms with Crippen LogP contribution in [0.1, 0.15) is 0 Å². The van der Waals surface area contributed by atoms with Crippen molar-refractivity contribution < 1.29 is 24.8 Å². The summed E-state index contributed by atoms with van der Waals surface area (Å²) in [7, 11) is 0. The topological polar surface area (TPSA) is 111 Å². The van der Waals surface area contributed by atoms with Crippen molar-refractivity contribution in [3.63, 3.8) is 0 Å². The van der Waals surface area contributed by atoms with Gasteiger partial charge >= 0.3 is 0 Å². The number of benzene rings is 2. The summed E-state index contributed by atoms with van der Waals surface area (Å²) in [5, 5.41) is 38.0. The number of hydrogen-bond donors (Lipinski definition) is 4. The fourth-order valence-corrected chi connectivity index (χ4v) is 1.94. The minimum absolute atomic E-state index is 0.0639. The zero-order valence-electron chi connectivity index (χ0n) is 9.41. The van der Waals surface area contributed by atoms with Crippen LogP contribution < -0.4 is 5.43 Å². The molecule has 1 aromatic heterocycles. The Morgan fingerprint density at radius 1 is 0.895 bits per heavy atom. The van der Waals surface area contributed by atoms with Crippen LogP contribution in [0, 0.1) is 0 Å². The summed E-state index contributed by atoms with van der Waals surface area (Å²) in [6, 6.07) is 4.93. The van der Waals surface area contributed by atoms with E-state index >= 15 is 0 Å². The third-order valence-corrected chi connectivity index (χ3v) is 2.87. The first-order valence-corrected chi connectivity index (χ1v) is 5.32. The van der Waals surface area contributed by atoms with Gasteiger partial charge in [0, 0.05) is 6.07 Å². The largest absolute Gasteiger partial charge is 0.508 e. The van der Waals surface area contributed by atoms with E-state index in [0.717, 1.165) is 6.07 Å². The molecule has 0 amide bonds. The SMILES string of the molecule is O=c1c2ccc(O)cc2oc2c(O)c(O)c(O)cc12. The van der Waals surface area contributed by atoms with Gasteiger partial charge < -0.3 is 24.8 Å². The van der Waals surface area contributed by atoms with Gasteiger partial charge in [0.1, 0.15) is 11.3 Å². The van der Waals surface area contributed by atoms with Gasteiger partial charge in [-0.3, -0.25) is 4.79 Å². The summed E-state index contributed by atoms with van der Waals surface area (Å²) in [5.41, 5.74) is -0.668. The molecule has 0 radical (unpaired) electrons. The van der Waals surface area contributed by atoms with Crippen LogP contribution in [-0.4, -0.2) is 20.4 Å². The lowest BCUT2D eigenvalue weighted by Crippen LogP contribution is -2.01. The van der Waals surface area contributed by atoms with Gasteiger partial charge in [-0.15, -0.1) is 0 Å². The van der Waals surface area contributed by atoms with Gasteiger partial charge in [0.25, 0.3) is 0 Å². The molecule has 0 spiro atoms. The molecule has 0 aliphatic carbocycles. The van der Waals surface area contributed by atoms with Gasteiger partial charge in [0.15, 0.2) is 11.3 Å². The van der Waals surface area contributed by atoms with E-state index < -0.39 is 22.7 Å². The van der Waals surface area contributed by atoms with Crippen LogP contribution in [0.15, 0.2) is 33.5 Å². The van der Waals surface area contributed by atoms with E-state index in [4.69, 9.17) is 4.42 Å². The molecule has 6 nitrogen and oxygen atoms in total. The van der Waals surface area contributed by atoms with Gasteiger partial charge in [0.2, 0.25) is 16.9 Å². The Labute approximate surface area is 105 Å². The van der Waals surface area contributed by atoms with E-state index in [1.165, 1.54) is 18.2 Å². The number of phenolic OH excluding ortho intramolecular Hbond substituents is 4. The predicted molar refractivity (Wildman–Crippen MR) is 66.6 cm³/mol. The Balaban J connectivity index is 2.62. The number of hydrogen-bond acceptors (Lipinski definition) is 6. The molecule has 0 unspecified atom stereocenters. The van der Waals surface area contributed by atoms with Crippen molar-refractivity contribution in [1.82, 2.24) is 0 Å². The molecule has 3 aromatic rings. The van der Waals surface area contributed by atoms with Crippen LogP contribution in [0.25, 0.3) is 21.9 Å². The molecule has 0 saturated heterocycles. The number of phenols is 4. The highest BCUT2D eigenvalue weighted by atomic mass is 16.4. The standard InChI is InChI=1S/C13H8O6/c14-5-1-2-6-9(3-5)19-13-7(10(6)16)4-8(15)11(17)12(13)18/h1-4,14-15,17-18H. The van der Waals surface area contributed by atoms with Crippen molar-refractivity contribution in [2.45, 2.75) is 0 Å². The second kappa shape index (κ2) is 3.55. The van der Waals surface area contributed by atoms with Gasteiger partial charge in [-0.05, 0) is 18.2 Å². The average Bonchev–Trinajstić information content (AvgIpc) is 2.38. The van der Waals surface area contributed by atoms with E-state index in [1.54, 1.807) is 0 Å². The van der Waals surface area contributed by atoms with Crippen molar-refractivity contribution in [3.05, 3.63) is 34.5 Å². The lowest BCUT2D eigenvalue weighted by molar-refractivity contribution is 0.367. The van der Waals surface area contributed by atoms with E-state index in [-0.39, 0.29) is 27.7 Å². The van der Waals surface area contributed by atoms with Gasteiger partial charge in [0.05, 0.1) is 10.8 Å². The maximum Gasteiger partial charge on any atom is 0.205 e. The molecule has 0 atom stereocenters. The minimum atomic E-state index is -0.768. The molecule has 1 heterocycles. The highest BCUT2D eigenvalue weighted by molar-refractivity contribution is 5.95. The number of aromatic hydroxyl groups is 4. The summed E-state index contributed by atoms with van der Waals surface area (Å²) < 4.78 is 5.29. The third kappa shape index (κ3) is 1.46. The molecular weight excluding hydrogens is 252 g/mol. The first kappa shape index (κ1) is 11.2. The second-order valence-electron chi connectivity index (χ2n) is 4.08. The Morgan fingerprint density at radius 3 is 2.37 bits per heavy atom. The summed E-state index contributed by atoms with van der Waals surface area (Å²) in [6.07, 6.45) is 0. The van der Waals surface area contributed by atoms with Crippen LogP contribution in [0.2, 0.25) is 0 Å². The van der Waals surface area contributed by atoms with Crippen molar-refractivity contribution in [2.75, 3.05) is 0 Å². The summed E-state index contributed by atoms with van der Waals surface area (Å²) in [6.45, 7) is 0. The van der Waals surface area contributed by atoms with Crippen molar-refractivity contribution >= 4 is 21.9 Å². The molecule has 4 N–H and O–H groups in total. The maximum atomic E-state index is 12.2. The molecule has 0 aliphatic rings. The first-order valence-electron chi connectivity index (χ1n) is 5.32. The van der Waals surface area contributed by atoms with Crippen LogP contribution >= 0.6 is 0 Å². The quantitative estimate of drug-likeness (QED) is 0.362. The maximum absolute atomic E-state index is 12.2. The Morgan fingerprint density at radius 2 is 1.63 bits per heavy atom. The summed E-state index contributed by atoms with van der Waals surface area (Å²) in [4.78, 5) is 12.2. The monoisotopic (exact) mass is 260 g/mol. The second-order valence-corrected chi connectivity index (χ2v) is 4.08. The Kier molecular flexibility index (Phi) is 2.10. The van der Waals surface area contributed by atoms with Crippen LogP contribution in [0.4, 0.5) is 0 Å². The van der Waals surface area contributed by atoms with Gasteiger partial charge in [-0.2, -0.15) is 0 Å². The fourth-order valence-electron chi connectivity index (χ4n) is 1.94.